The predicted molar refractivity (Wildman–Crippen MR) is 90.6 cm³/mol. The molecule has 2 saturated carbocycles. The van der Waals surface area contributed by atoms with E-state index in [9.17, 15) is 18.3 Å². The van der Waals surface area contributed by atoms with Gasteiger partial charge in [-0.1, -0.05) is 6.42 Å². The second-order valence-corrected chi connectivity index (χ2v) is 9.29. The highest BCUT2D eigenvalue weighted by atomic mass is 32.2. The molecule has 0 bridgehead atoms. The fraction of sp³-hybridized carbons (Fsp3) is 0.938. The van der Waals surface area contributed by atoms with Crippen LogP contribution in [-0.4, -0.2) is 62.2 Å². The molecule has 3 aliphatic rings. The fourth-order valence-electron chi connectivity index (χ4n) is 4.86. The maximum Gasteiger partial charge on any atom is 0.304 e. The van der Waals surface area contributed by atoms with Gasteiger partial charge in [0.25, 0.3) is 0 Å². The van der Waals surface area contributed by atoms with Crippen molar-refractivity contribution in [2.45, 2.75) is 56.8 Å². The molecule has 0 aromatic heterocycles. The Kier molecular flexibility index (Phi) is 5.67. The van der Waals surface area contributed by atoms with Gasteiger partial charge < -0.3 is 10.4 Å². The second kappa shape index (κ2) is 7.46. The quantitative estimate of drug-likeness (QED) is 0.593. The smallest absolute Gasteiger partial charge is 0.304 e. The van der Waals surface area contributed by atoms with Crippen LogP contribution in [0.5, 0.6) is 0 Å². The molecule has 0 spiro atoms. The highest BCUT2D eigenvalue weighted by Gasteiger charge is 2.53. The lowest BCUT2D eigenvalue weighted by Crippen LogP contribution is -2.58. The molecule has 7 nitrogen and oxygen atoms in total. The van der Waals surface area contributed by atoms with E-state index in [1.165, 1.54) is 0 Å². The molecule has 3 rings (SSSR count). The monoisotopic (exact) mass is 377 g/mol. The number of halogens is 1. The van der Waals surface area contributed by atoms with Crippen LogP contribution in [0.25, 0.3) is 0 Å². The molecule has 144 valence electrons. The van der Waals surface area contributed by atoms with Gasteiger partial charge in [-0.3, -0.25) is 4.79 Å². The Labute approximate surface area is 148 Å². The summed E-state index contributed by atoms with van der Waals surface area (Å²) in [7, 11) is -2.13. The minimum atomic E-state index is -4.05. The first kappa shape index (κ1) is 19.0. The summed E-state index contributed by atoms with van der Waals surface area (Å²) >= 11 is 0. The zero-order chi connectivity index (χ0) is 18.2. The molecule has 2 aliphatic carbocycles. The molecule has 9 heteroatoms. The van der Waals surface area contributed by atoms with E-state index in [0.29, 0.717) is 12.3 Å². The number of carbonyl (C=O) groups is 1. The first-order chi connectivity index (χ1) is 11.8. The van der Waals surface area contributed by atoms with Crippen LogP contribution in [0.15, 0.2) is 0 Å². The standard InChI is InChI=1S/C16H28FN3O4S/c1-18-6-2-3-10-4-5-11-8-13(21)16(15(17)12(11)7-10)20-9-14(22)19-25(20,23)24/h10-13,15-16,18,21H,2-9H2,1H3,(H,19,22). The van der Waals surface area contributed by atoms with Gasteiger partial charge in [-0.25, -0.2) is 9.11 Å². The van der Waals surface area contributed by atoms with Gasteiger partial charge in [-0.2, -0.15) is 12.7 Å². The third-order valence-electron chi connectivity index (χ3n) is 6.05. The van der Waals surface area contributed by atoms with Crippen molar-refractivity contribution in [1.82, 2.24) is 14.3 Å². The van der Waals surface area contributed by atoms with E-state index in [1.807, 2.05) is 11.8 Å². The number of nitrogens with zero attached hydrogens (tertiary/aromatic N) is 1. The van der Waals surface area contributed by atoms with E-state index >= 15 is 4.39 Å². The Morgan fingerprint density at radius 3 is 2.76 bits per heavy atom. The Morgan fingerprint density at radius 1 is 1.36 bits per heavy atom. The first-order valence-corrected chi connectivity index (χ1v) is 10.6. The van der Waals surface area contributed by atoms with Crippen LogP contribution in [0.1, 0.15) is 38.5 Å². The average Bonchev–Trinajstić information content (AvgIpc) is 2.81. The highest BCUT2D eigenvalue weighted by molar-refractivity contribution is 7.88. The Hall–Kier alpha value is -0.770. The molecule has 1 aliphatic heterocycles. The summed E-state index contributed by atoms with van der Waals surface area (Å²) in [5.74, 6) is -0.378. The van der Waals surface area contributed by atoms with Crippen molar-refractivity contribution in [2.24, 2.45) is 17.8 Å². The average molecular weight is 377 g/mol. The summed E-state index contributed by atoms with van der Waals surface area (Å²) in [5.41, 5.74) is 0. The van der Waals surface area contributed by atoms with Crippen LogP contribution in [0.2, 0.25) is 0 Å². The molecule has 1 saturated heterocycles. The molecule has 0 aromatic rings. The van der Waals surface area contributed by atoms with Crippen LogP contribution in [0, 0.1) is 17.8 Å². The molecule has 6 atom stereocenters. The molecule has 6 unspecified atom stereocenters. The fourth-order valence-corrected chi connectivity index (χ4v) is 6.20. The Bertz CT molecular complexity index is 602. The normalized spacial score (nSPS) is 41.3. The van der Waals surface area contributed by atoms with Crippen molar-refractivity contribution in [3.63, 3.8) is 0 Å². The molecule has 0 aromatic carbocycles. The third kappa shape index (κ3) is 3.84. The lowest BCUT2D eigenvalue weighted by Gasteiger charge is -2.48. The van der Waals surface area contributed by atoms with Gasteiger partial charge in [0.15, 0.2) is 0 Å². The number of hydrogen-bond acceptors (Lipinski definition) is 5. The first-order valence-electron chi connectivity index (χ1n) is 9.12. The van der Waals surface area contributed by atoms with Crippen molar-refractivity contribution in [2.75, 3.05) is 20.1 Å². The van der Waals surface area contributed by atoms with E-state index in [2.05, 4.69) is 5.32 Å². The van der Waals surface area contributed by atoms with Gasteiger partial charge >= 0.3 is 10.2 Å². The van der Waals surface area contributed by atoms with E-state index < -0.39 is 41.0 Å². The largest absolute Gasteiger partial charge is 0.391 e. The molecule has 0 radical (unpaired) electrons. The van der Waals surface area contributed by atoms with Crippen LogP contribution in [0.4, 0.5) is 4.39 Å². The van der Waals surface area contributed by atoms with Crippen molar-refractivity contribution in [3.05, 3.63) is 0 Å². The van der Waals surface area contributed by atoms with Crippen molar-refractivity contribution >= 4 is 16.1 Å². The summed E-state index contributed by atoms with van der Waals surface area (Å²) in [6.45, 7) is 0.526. The maximum absolute atomic E-state index is 15.3. The number of aliphatic hydroxyl groups is 1. The zero-order valence-electron chi connectivity index (χ0n) is 14.5. The molecule has 25 heavy (non-hydrogen) atoms. The minimum Gasteiger partial charge on any atom is -0.391 e. The summed E-state index contributed by atoms with van der Waals surface area (Å²) < 4.78 is 42.1. The topological polar surface area (TPSA) is 98.7 Å². The second-order valence-electron chi connectivity index (χ2n) is 7.66. The van der Waals surface area contributed by atoms with Crippen LogP contribution in [-0.2, 0) is 15.0 Å². The van der Waals surface area contributed by atoms with Gasteiger partial charge in [0.1, 0.15) is 6.17 Å². The van der Waals surface area contributed by atoms with Crippen molar-refractivity contribution in [1.29, 1.82) is 0 Å². The molecule has 1 amide bonds. The van der Waals surface area contributed by atoms with E-state index in [-0.39, 0.29) is 11.8 Å². The molecular weight excluding hydrogens is 349 g/mol. The Balaban J connectivity index is 1.72. The summed E-state index contributed by atoms with van der Waals surface area (Å²) in [6, 6.07) is -1.17. The molecule has 1 heterocycles. The van der Waals surface area contributed by atoms with Crippen molar-refractivity contribution in [3.8, 4) is 0 Å². The number of rotatable bonds is 5. The lowest BCUT2D eigenvalue weighted by atomic mass is 9.64. The number of amides is 1. The van der Waals surface area contributed by atoms with Gasteiger partial charge in [0, 0.05) is 0 Å². The van der Waals surface area contributed by atoms with Gasteiger partial charge in [0.2, 0.25) is 5.91 Å². The summed E-state index contributed by atoms with van der Waals surface area (Å²) in [4.78, 5) is 11.5. The van der Waals surface area contributed by atoms with Crippen molar-refractivity contribution < 1.29 is 22.7 Å². The van der Waals surface area contributed by atoms with Gasteiger partial charge in [-0.05, 0) is 63.5 Å². The summed E-state index contributed by atoms with van der Waals surface area (Å²) in [6.07, 6.45) is 2.61. The number of nitrogens with one attached hydrogen (secondary N) is 2. The highest BCUT2D eigenvalue weighted by Crippen LogP contribution is 2.46. The van der Waals surface area contributed by atoms with Crippen LogP contribution >= 0.6 is 0 Å². The number of alkyl halides is 1. The number of aliphatic hydroxyl groups excluding tert-OH is 1. The lowest BCUT2D eigenvalue weighted by molar-refractivity contribution is -0.120. The molecular formula is C16H28FN3O4S. The number of fused-ring (bicyclic) bond motifs is 1. The van der Waals surface area contributed by atoms with Gasteiger partial charge in [-0.15, -0.1) is 0 Å². The number of hydrogen-bond donors (Lipinski definition) is 3. The van der Waals surface area contributed by atoms with Crippen LogP contribution < -0.4 is 10.0 Å². The minimum absolute atomic E-state index is 0.0933. The SMILES string of the molecule is CNCCCC1CCC2CC(O)C(N3CC(=O)NS3(=O)=O)C(F)C2C1. The Morgan fingerprint density at radius 2 is 2.12 bits per heavy atom. The predicted octanol–water partition coefficient (Wildman–Crippen LogP) is 0.166. The zero-order valence-corrected chi connectivity index (χ0v) is 15.3. The number of carbonyl (C=O) groups excluding carboxylic acids is 1. The molecule has 3 N–H and O–H groups in total. The van der Waals surface area contributed by atoms with E-state index in [1.54, 1.807) is 0 Å². The summed E-state index contributed by atoms with van der Waals surface area (Å²) in [5, 5.41) is 13.5. The molecule has 3 fully saturated rings. The maximum atomic E-state index is 15.3. The third-order valence-corrected chi connectivity index (χ3v) is 7.53. The van der Waals surface area contributed by atoms with Crippen LogP contribution in [0.3, 0.4) is 0 Å². The van der Waals surface area contributed by atoms with Gasteiger partial charge in [0.05, 0.1) is 18.7 Å². The van der Waals surface area contributed by atoms with E-state index in [4.69, 9.17) is 0 Å². The van der Waals surface area contributed by atoms with E-state index in [0.717, 1.165) is 43.0 Å².